The first-order valence-corrected chi connectivity index (χ1v) is 7.89. The largest absolute Gasteiger partial charge is 0.351 e. The lowest BCUT2D eigenvalue weighted by molar-refractivity contribution is -0.124. The van der Waals surface area contributed by atoms with E-state index in [9.17, 15) is 4.79 Å². The van der Waals surface area contributed by atoms with Crippen LogP contribution in [-0.2, 0) is 11.3 Å². The van der Waals surface area contributed by atoms with Crippen LogP contribution in [0.1, 0.15) is 49.1 Å². The normalized spacial score (nSPS) is 18.2. The Labute approximate surface area is 118 Å². The molecule has 19 heavy (non-hydrogen) atoms. The van der Waals surface area contributed by atoms with Crippen molar-refractivity contribution in [3.63, 3.8) is 0 Å². The molecular formula is C14H23N3OS. The van der Waals surface area contributed by atoms with Gasteiger partial charge < -0.3 is 11.1 Å². The van der Waals surface area contributed by atoms with Gasteiger partial charge in [0.25, 0.3) is 0 Å². The highest BCUT2D eigenvalue weighted by Gasteiger charge is 2.32. The highest BCUT2D eigenvalue weighted by atomic mass is 32.1. The lowest BCUT2D eigenvalue weighted by atomic mass is 9.71. The fraction of sp³-hybridized carbons (Fsp3) is 0.714. The van der Waals surface area contributed by atoms with Crippen LogP contribution in [0.3, 0.4) is 0 Å². The van der Waals surface area contributed by atoms with Crippen LogP contribution in [0.2, 0.25) is 0 Å². The van der Waals surface area contributed by atoms with Crippen LogP contribution in [0, 0.1) is 12.3 Å². The van der Waals surface area contributed by atoms with E-state index in [0.29, 0.717) is 19.5 Å². The van der Waals surface area contributed by atoms with Gasteiger partial charge in [-0.25, -0.2) is 4.98 Å². The minimum atomic E-state index is 0.0467. The van der Waals surface area contributed by atoms with Gasteiger partial charge in [-0.2, -0.15) is 0 Å². The van der Waals surface area contributed by atoms with Crippen LogP contribution in [0.4, 0.5) is 0 Å². The molecule has 0 unspecified atom stereocenters. The fourth-order valence-corrected chi connectivity index (χ4v) is 3.55. The minimum absolute atomic E-state index is 0.0467. The van der Waals surface area contributed by atoms with Gasteiger partial charge in [0.2, 0.25) is 5.91 Å². The third kappa shape index (κ3) is 3.76. The second-order valence-corrected chi connectivity index (χ2v) is 6.52. The Morgan fingerprint density at radius 1 is 1.47 bits per heavy atom. The van der Waals surface area contributed by atoms with Crippen LogP contribution in [0.5, 0.6) is 0 Å². The Bertz CT molecular complexity index is 424. The number of hydrogen-bond donors (Lipinski definition) is 2. The Morgan fingerprint density at radius 2 is 2.21 bits per heavy atom. The maximum absolute atomic E-state index is 12.1. The lowest BCUT2D eigenvalue weighted by Crippen LogP contribution is -2.38. The zero-order chi connectivity index (χ0) is 13.7. The molecule has 1 amide bonds. The summed E-state index contributed by atoms with van der Waals surface area (Å²) in [5.41, 5.74) is 8.79. The number of amides is 1. The maximum atomic E-state index is 12.1. The number of aromatic nitrogens is 1. The van der Waals surface area contributed by atoms with E-state index in [0.717, 1.165) is 23.4 Å². The molecule has 1 aliphatic carbocycles. The molecule has 0 radical (unpaired) electrons. The predicted molar refractivity (Wildman–Crippen MR) is 77.9 cm³/mol. The Morgan fingerprint density at radius 3 is 2.79 bits per heavy atom. The molecule has 1 heterocycles. The van der Waals surface area contributed by atoms with Gasteiger partial charge in [-0.15, -0.1) is 11.3 Å². The molecule has 0 aromatic carbocycles. The van der Waals surface area contributed by atoms with Crippen molar-refractivity contribution in [1.82, 2.24) is 10.3 Å². The smallest absolute Gasteiger partial charge is 0.220 e. The Kier molecular flexibility index (Phi) is 4.93. The summed E-state index contributed by atoms with van der Waals surface area (Å²) >= 11 is 1.59. The van der Waals surface area contributed by atoms with Crippen molar-refractivity contribution in [1.29, 1.82) is 0 Å². The van der Waals surface area contributed by atoms with Gasteiger partial charge >= 0.3 is 0 Å². The van der Waals surface area contributed by atoms with Gasteiger partial charge in [-0.05, 0) is 31.7 Å². The van der Waals surface area contributed by atoms with Crippen molar-refractivity contribution in [2.75, 3.05) is 6.54 Å². The van der Waals surface area contributed by atoms with Crippen LogP contribution >= 0.6 is 11.3 Å². The first-order chi connectivity index (χ1) is 9.15. The summed E-state index contributed by atoms with van der Waals surface area (Å²) in [5, 5.41) is 3.01. The lowest BCUT2D eigenvalue weighted by Gasteiger charge is -2.35. The monoisotopic (exact) mass is 281 g/mol. The van der Waals surface area contributed by atoms with Gasteiger partial charge in [0.15, 0.2) is 0 Å². The zero-order valence-electron chi connectivity index (χ0n) is 11.6. The highest BCUT2D eigenvalue weighted by Crippen LogP contribution is 2.38. The first-order valence-electron chi connectivity index (χ1n) is 7.01. The number of hydrogen-bond acceptors (Lipinski definition) is 4. The van der Waals surface area contributed by atoms with E-state index in [1.165, 1.54) is 19.3 Å². The third-order valence-corrected chi connectivity index (χ3v) is 5.11. The molecule has 0 saturated heterocycles. The van der Waals surface area contributed by atoms with Crippen molar-refractivity contribution < 1.29 is 4.79 Å². The number of thiazole rings is 1. The van der Waals surface area contributed by atoms with Crippen LogP contribution in [-0.4, -0.2) is 17.4 Å². The standard InChI is InChI=1S/C14H23N3OS/c1-11-12(19-10-17-11)8-16-13(18)7-14(9-15)5-3-2-4-6-14/h10H,2-9,15H2,1H3,(H,16,18). The van der Waals surface area contributed by atoms with Crippen LogP contribution in [0.25, 0.3) is 0 Å². The van der Waals surface area contributed by atoms with Crippen molar-refractivity contribution in [2.24, 2.45) is 11.1 Å². The maximum Gasteiger partial charge on any atom is 0.220 e. The first kappa shape index (κ1) is 14.5. The van der Waals surface area contributed by atoms with Crippen molar-refractivity contribution in [2.45, 2.75) is 52.0 Å². The van der Waals surface area contributed by atoms with E-state index >= 15 is 0 Å². The summed E-state index contributed by atoms with van der Waals surface area (Å²) in [7, 11) is 0. The predicted octanol–water partition coefficient (Wildman–Crippen LogP) is 2.37. The van der Waals surface area contributed by atoms with Gasteiger partial charge in [0, 0.05) is 11.3 Å². The number of aryl methyl sites for hydroxylation is 1. The topological polar surface area (TPSA) is 68.0 Å². The van der Waals surface area contributed by atoms with Gasteiger partial charge in [0.1, 0.15) is 0 Å². The van der Waals surface area contributed by atoms with Gasteiger partial charge in [0.05, 0.1) is 17.7 Å². The van der Waals surface area contributed by atoms with E-state index in [1.54, 1.807) is 11.3 Å². The van der Waals surface area contributed by atoms with E-state index in [1.807, 2.05) is 12.4 Å². The molecule has 5 heteroatoms. The molecule has 1 aromatic rings. The quantitative estimate of drug-likeness (QED) is 0.870. The molecule has 1 aromatic heterocycles. The van der Waals surface area contributed by atoms with Crippen molar-refractivity contribution in [3.05, 3.63) is 16.1 Å². The Hall–Kier alpha value is -0.940. The second kappa shape index (κ2) is 6.48. The summed E-state index contributed by atoms with van der Waals surface area (Å²) in [4.78, 5) is 17.4. The summed E-state index contributed by atoms with van der Waals surface area (Å²) in [6.45, 7) is 3.19. The molecular weight excluding hydrogens is 258 g/mol. The molecule has 0 atom stereocenters. The summed E-state index contributed by atoms with van der Waals surface area (Å²) in [5.74, 6) is 0.125. The van der Waals surface area contributed by atoms with E-state index in [2.05, 4.69) is 10.3 Å². The average molecular weight is 281 g/mol. The highest BCUT2D eigenvalue weighted by molar-refractivity contribution is 7.09. The molecule has 0 bridgehead atoms. The second-order valence-electron chi connectivity index (χ2n) is 5.58. The molecule has 1 saturated carbocycles. The number of nitrogens with zero attached hydrogens (tertiary/aromatic N) is 1. The third-order valence-electron chi connectivity index (χ3n) is 4.17. The molecule has 1 fully saturated rings. The number of nitrogens with two attached hydrogens (primary N) is 1. The molecule has 4 nitrogen and oxygen atoms in total. The van der Waals surface area contributed by atoms with E-state index in [-0.39, 0.29) is 11.3 Å². The molecule has 3 N–H and O–H groups in total. The zero-order valence-corrected chi connectivity index (χ0v) is 12.4. The number of carbonyl (C=O) groups excluding carboxylic acids is 1. The van der Waals surface area contributed by atoms with Crippen LogP contribution < -0.4 is 11.1 Å². The van der Waals surface area contributed by atoms with E-state index < -0.39 is 0 Å². The molecule has 0 spiro atoms. The number of nitrogens with one attached hydrogen (secondary N) is 1. The fourth-order valence-electron chi connectivity index (χ4n) is 2.83. The molecule has 2 rings (SSSR count). The summed E-state index contributed by atoms with van der Waals surface area (Å²) < 4.78 is 0. The number of carbonyl (C=O) groups is 1. The van der Waals surface area contributed by atoms with Crippen molar-refractivity contribution in [3.8, 4) is 0 Å². The van der Waals surface area contributed by atoms with Gasteiger partial charge in [-0.3, -0.25) is 4.79 Å². The van der Waals surface area contributed by atoms with E-state index in [4.69, 9.17) is 5.73 Å². The molecule has 1 aliphatic rings. The van der Waals surface area contributed by atoms with Crippen LogP contribution in [0.15, 0.2) is 5.51 Å². The SMILES string of the molecule is Cc1ncsc1CNC(=O)CC1(CN)CCCCC1. The summed E-state index contributed by atoms with van der Waals surface area (Å²) in [6.07, 6.45) is 6.45. The average Bonchev–Trinajstić information content (AvgIpc) is 2.83. The number of rotatable bonds is 5. The minimum Gasteiger partial charge on any atom is -0.351 e. The van der Waals surface area contributed by atoms with Gasteiger partial charge in [-0.1, -0.05) is 19.3 Å². The van der Waals surface area contributed by atoms with Crippen molar-refractivity contribution >= 4 is 17.2 Å². The molecule has 106 valence electrons. The summed E-state index contributed by atoms with van der Waals surface area (Å²) in [6, 6.07) is 0. The Balaban J connectivity index is 1.84. The molecule has 0 aliphatic heterocycles.